The third kappa shape index (κ3) is 4.44. The van der Waals surface area contributed by atoms with Crippen molar-refractivity contribution in [3.8, 4) is 11.1 Å². The normalized spacial score (nSPS) is 17.7. The number of aryl methyl sites for hydroxylation is 1. The lowest BCUT2D eigenvalue weighted by Crippen LogP contribution is -2.27. The lowest BCUT2D eigenvalue weighted by Gasteiger charge is -2.18. The molecule has 3 aromatic rings. The summed E-state index contributed by atoms with van der Waals surface area (Å²) in [6.45, 7) is 0. The Labute approximate surface area is 186 Å². The Bertz CT molecular complexity index is 1370. The zero-order valence-corrected chi connectivity index (χ0v) is 18.6. The average molecular weight is 484 g/mol. The molecular weight excluding hydrogens is 463 g/mol. The van der Waals surface area contributed by atoms with E-state index in [0.717, 1.165) is 12.1 Å². The number of aliphatic imine (C=N–C) groups is 1. The van der Waals surface area contributed by atoms with E-state index < -0.39 is 21.6 Å². The van der Waals surface area contributed by atoms with Gasteiger partial charge in [0.15, 0.2) is 0 Å². The number of hydrogen-bond donors (Lipinski definition) is 1. The Kier molecular flexibility index (Phi) is 5.66. The van der Waals surface area contributed by atoms with E-state index in [2.05, 4.69) is 4.99 Å². The molecule has 1 aliphatic rings. The van der Waals surface area contributed by atoms with Gasteiger partial charge in [0.2, 0.25) is 0 Å². The van der Waals surface area contributed by atoms with Gasteiger partial charge >= 0.3 is 6.18 Å². The molecule has 0 aliphatic carbocycles. The summed E-state index contributed by atoms with van der Waals surface area (Å²) in [6, 6.07) is 6.31. The smallest absolute Gasteiger partial charge is 0.383 e. The zero-order valence-electron chi connectivity index (χ0n) is 17.0. The first-order valence-electron chi connectivity index (χ1n) is 9.79. The SMILES string of the molecule is Cn1cc(-c2cccc(C(F)(F)F)c2)c2sc(C(N)=NC3CCS(=O)(=O)CC3)cc2c1=O. The summed E-state index contributed by atoms with van der Waals surface area (Å²) in [4.78, 5) is 17.6. The van der Waals surface area contributed by atoms with Gasteiger partial charge in [-0.1, -0.05) is 12.1 Å². The Morgan fingerprint density at radius 1 is 1.22 bits per heavy atom. The van der Waals surface area contributed by atoms with E-state index in [1.165, 1.54) is 35.2 Å². The molecule has 0 saturated carbocycles. The van der Waals surface area contributed by atoms with Gasteiger partial charge in [0.1, 0.15) is 15.7 Å². The highest BCUT2D eigenvalue weighted by molar-refractivity contribution is 7.91. The van der Waals surface area contributed by atoms with Crippen molar-refractivity contribution in [3.05, 3.63) is 57.3 Å². The summed E-state index contributed by atoms with van der Waals surface area (Å²) >= 11 is 1.18. The minimum atomic E-state index is -4.49. The predicted molar refractivity (Wildman–Crippen MR) is 120 cm³/mol. The maximum Gasteiger partial charge on any atom is 0.416 e. The van der Waals surface area contributed by atoms with Crippen LogP contribution < -0.4 is 11.3 Å². The fraction of sp³-hybridized carbons (Fsp3) is 0.333. The van der Waals surface area contributed by atoms with Gasteiger partial charge in [-0.25, -0.2) is 8.42 Å². The Balaban J connectivity index is 1.78. The summed E-state index contributed by atoms with van der Waals surface area (Å²) in [5.41, 5.74) is 5.92. The number of thiophene rings is 1. The molecule has 0 spiro atoms. The second kappa shape index (κ2) is 8.04. The van der Waals surface area contributed by atoms with Crippen molar-refractivity contribution in [2.45, 2.75) is 25.1 Å². The largest absolute Gasteiger partial charge is 0.416 e. The first-order chi connectivity index (χ1) is 14.9. The maximum atomic E-state index is 13.2. The number of halogens is 3. The number of nitrogens with two attached hydrogens (primary N) is 1. The van der Waals surface area contributed by atoms with Crippen molar-refractivity contribution in [1.29, 1.82) is 0 Å². The molecule has 4 rings (SSSR count). The van der Waals surface area contributed by atoms with E-state index >= 15 is 0 Å². The van der Waals surface area contributed by atoms with Gasteiger partial charge in [0.25, 0.3) is 5.56 Å². The topological polar surface area (TPSA) is 94.5 Å². The number of sulfone groups is 1. The van der Waals surface area contributed by atoms with Gasteiger partial charge in [0, 0.05) is 23.5 Å². The van der Waals surface area contributed by atoms with Crippen LogP contribution >= 0.6 is 11.3 Å². The molecule has 0 bridgehead atoms. The van der Waals surface area contributed by atoms with Crippen molar-refractivity contribution < 1.29 is 21.6 Å². The van der Waals surface area contributed by atoms with Crippen LogP contribution in [0.25, 0.3) is 21.2 Å². The Morgan fingerprint density at radius 3 is 2.56 bits per heavy atom. The highest BCUT2D eigenvalue weighted by Gasteiger charge is 2.31. The molecule has 0 unspecified atom stereocenters. The van der Waals surface area contributed by atoms with Crippen LogP contribution in [0.15, 0.2) is 46.3 Å². The molecule has 32 heavy (non-hydrogen) atoms. The molecule has 6 nitrogen and oxygen atoms in total. The van der Waals surface area contributed by atoms with E-state index in [1.807, 2.05) is 0 Å². The molecule has 0 atom stereocenters. The molecule has 3 heterocycles. The Hall–Kier alpha value is -2.66. The number of benzene rings is 1. The molecule has 0 amide bonds. The van der Waals surface area contributed by atoms with Gasteiger partial charge in [-0.15, -0.1) is 11.3 Å². The zero-order chi connectivity index (χ0) is 23.3. The van der Waals surface area contributed by atoms with Crippen molar-refractivity contribution in [1.82, 2.24) is 4.57 Å². The minimum Gasteiger partial charge on any atom is -0.383 e. The highest BCUT2D eigenvalue weighted by atomic mass is 32.2. The number of rotatable bonds is 3. The summed E-state index contributed by atoms with van der Waals surface area (Å²) in [5.74, 6) is 0.301. The second-order valence-corrected chi connectivity index (χ2v) is 11.1. The number of amidine groups is 1. The van der Waals surface area contributed by atoms with E-state index in [-0.39, 0.29) is 28.9 Å². The molecule has 170 valence electrons. The number of pyridine rings is 1. The first kappa shape index (κ1) is 22.5. The number of alkyl halides is 3. The highest BCUT2D eigenvalue weighted by Crippen LogP contribution is 2.36. The van der Waals surface area contributed by atoms with Crippen molar-refractivity contribution in [3.63, 3.8) is 0 Å². The van der Waals surface area contributed by atoms with Crippen LogP contribution in [0.4, 0.5) is 13.2 Å². The number of hydrogen-bond acceptors (Lipinski definition) is 5. The van der Waals surface area contributed by atoms with Crippen LogP contribution in [-0.4, -0.2) is 36.4 Å². The lowest BCUT2D eigenvalue weighted by atomic mass is 10.0. The number of fused-ring (bicyclic) bond motifs is 1. The van der Waals surface area contributed by atoms with E-state index in [9.17, 15) is 26.4 Å². The van der Waals surface area contributed by atoms with Crippen molar-refractivity contribution in [2.24, 2.45) is 17.8 Å². The fourth-order valence-electron chi connectivity index (χ4n) is 3.71. The van der Waals surface area contributed by atoms with Crippen LogP contribution in [0.2, 0.25) is 0 Å². The summed E-state index contributed by atoms with van der Waals surface area (Å²) in [7, 11) is -1.49. The van der Waals surface area contributed by atoms with E-state index in [1.54, 1.807) is 12.1 Å². The molecular formula is C21H20F3N3O3S2. The van der Waals surface area contributed by atoms with Crippen LogP contribution in [-0.2, 0) is 23.1 Å². The summed E-state index contributed by atoms with van der Waals surface area (Å²) < 4.78 is 64.7. The molecule has 1 saturated heterocycles. The third-order valence-electron chi connectivity index (χ3n) is 5.45. The van der Waals surface area contributed by atoms with Gasteiger partial charge in [-0.3, -0.25) is 9.79 Å². The van der Waals surface area contributed by atoms with Gasteiger partial charge in [-0.05, 0) is 36.6 Å². The molecule has 2 N–H and O–H groups in total. The van der Waals surface area contributed by atoms with Crippen molar-refractivity contribution >= 4 is 37.1 Å². The molecule has 1 fully saturated rings. The first-order valence-corrected chi connectivity index (χ1v) is 12.4. The lowest BCUT2D eigenvalue weighted by molar-refractivity contribution is -0.137. The minimum absolute atomic E-state index is 0.0566. The molecule has 0 radical (unpaired) electrons. The van der Waals surface area contributed by atoms with Crippen LogP contribution in [0.3, 0.4) is 0 Å². The van der Waals surface area contributed by atoms with Crippen LogP contribution in [0, 0.1) is 0 Å². The molecule has 1 aliphatic heterocycles. The fourth-order valence-corrected chi connectivity index (χ4v) is 6.27. The van der Waals surface area contributed by atoms with Gasteiger partial charge in [-0.2, -0.15) is 13.2 Å². The average Bonchev–Trinajstić information content (AvgIpc) is 3.18. The molecule has 1 aromatic carbocycles. The van der Waals surface area contributed by atoms with Gasteiger partial charge < -0.3 is 10.3 Å². The van der Waals surface area contributed by atoms with E-state index in [4.69, 9.17) is 5.73 Å². The summed E-state index contributed by atoms with van der Waals surface area (Å²) in [5, 5.41) is 0.340. The van der Waals surface area contributed by atoms with Crippen LogP contribution in [0.1, 0.15) is 23.3 Å². The Morgan fingerprint density at radius 2 is 1.91 bits per heavy atom. The third-order valence-corrected chi connectivity index (χ3v) is 8.36. The van der Waals surface area contributed by atoms with Crippen LogP contribution in [0.5, 0.6) is 0 Å². The predicted octanol–water partition coefficient (Wildman–Crippen LogP) is 3.57. The standard InChI is InChI=1S/C21H20F3N3O3S2/c1-27-11-16(12-3-2-4-13(9-12)21(22,23)24)18-15(20(27)28)10-17(31-18)19(25)26-14-5-7-32(29,30)8-6-14/h2-4,9-11,14H,5-8H2,1H3,(H2,25,26). The number of nitrogens with zero attached hydrogens (tertiary/aromatic N) is 2. The number of aromatic nitrogens is 1. The molecule has 2 aromatic heterocycles. The van der Waals surface area contributed by atoms with Crippen molar-refractivity contribution in [2.75, 3.05) is 11.5 Å². The van der Waals surface area contributed by atoms with E-state index in [0.29, 0.717) is 38.9 Å². The van der Waals surface area contributed by atoms with Gasteiger partial charge in [0.05, 0.1) is 33.4 Å². The summed E-state index contributed by atoms with van der Waals surface area (Å²) in [6.07, 6.45) is -2.21. The molecule has 11 heteroatoms. The second-order valence-electron chi connectivity index (χ2n) is 7.79. The quantitative estimate of drug-likeness (QED) is 0.455. The maximum absolute atomic E-state index is 13.2. The monoisotopic (exact) mass is 483 g/mol.